The topological polar surface area (TPSA) is 46.5 Å². The second-order valence-electron chi connectivity index (χ2n) is 4.65. The van der Waals surface area contributed by atoms with Crippen LogP contribution in [0.15, 0.2) is 36.9 Å². The summed E-state index contributed by atoms with van der Waals surface area (Å²) in [4.78, 5) is 11.5. The minimum absolute atomic E-state index is 0.0871. The zero-order valence-electron chi connectivity index (χ0n) is 11.1. The Kier molecular flexibility index (Phi) is 4.95. The largest absolute Gasteiger partial charge is 0.497 e. The molecule has 0 aliphatic rings. The maximum atomic E-state index is 11.5. The van der Waals surface area contributed by atoms with Gasteiger partial charge in [-0.2, -0.15) is 0 Å². The molecule has 1 aromatic rings. The summed E-state index contributed by atoms with van der Waals surface area (Å²) in [5.74, 6) is -0.517. The van der Waals surface area contributed by atoms with Crippen LogP contribution in [0.3, 0.4) is 0 Å². The van der Waals surface area contributed by atoms with Crippen LogP contribution in [0.4, 0.5) is 0 Å². The first-order chi connectivity index (χ1) is 8.51. The molecule has 3 nitrogen and oxygen atoms in total. The summed E-state index contributed by atoms with van der Waals surface area (Å²) >= 11 is 0. The van der Waals surface area contributed by atoms with E-state index in [1.165, 1.54) is 0 Å². The molecule has 1 rings (SSSR count). The van der Waals surface area contributed by atoms with Crippen molar-refractivity contribution in [3.05, 3.63) is 42.5 Å². The van der Waals surface area contributed by atoms with Crippen LogP contribution >= 0.6 is 0 Å². The van der Waals surface area contributed by atoms with Gasteiger partial charge in [0.2, 0.25) is 0 Å². The predicted octanol–water partition coefficient (Wildman–Crippen LogP) is 3.32. The highest BCUT2D eigenvalue weighted by atomic mass is 16.5. The number of carboxylic acid groups (broad SMARTS) is 1. The summed E-state index contributed by atoms with van der Waals surface area (Å²) in [6.07, 6.45) is 1.73. The predicted molar refractivity (Wildman–Crippen MR) is 71.9 cm³/mol. The van der Waals surface area contributed by atoms with Crippen LogP contribution in [0.1, 0.15) is 25.3 Å². The van der Waals surface area contributed by atoms with Gasteiger partial charge >= 0.3 is 5.97 Å². The van der Waals surface area contributed by atoms with E-state index in [0.29, 0.717) is 0 Å². The number of ether oxygens (including phenoxy) is 1. The molecule has 0 aliphatic carbocycles. The van der Waals surface area contributed by atoms with Crippen LogP contribution in [-0.4, -0.2) is 18.2 Å². The van der Waals surface area contributed by atoms with Gasteiger partial charge in [0.1, 0.15) is 5.75 Å². The van der Waals surface area contributed by atoms with E-state index in [9.17, 15) is 9.90 Å². The number of benzene rings is 1. The summed E-state index contributed by atoms with van der Waals surface area (Å²) in [5.41, 5.74) is 0.780. The van der Waals surface area contributed by atoms with Gasteiger partial charge < -0.3 is 9.84 Å². The number of allylic oxidation sites excluding steroid dienone is 1. The summed E-state index contributed by atoms with van der Waals surface area (Å²) < 4.78 is 5.08. The van der Waals surface area contributed by atoms with Crippen molar-refractivity contribution in [3.63, 3.8) is 0 Å². The lowest BCUT2D eigenvalue weighted by Gasteiger charge is -2.24. The number of carboxylic acids is 1. The van der Waals surface area contributed by atoms with E-state index in [4.69, 9.17) is 4.74 Å². The standard InChI is InChI=1S/C15H20O3/c1-5-13(10(2)3)14(15(16)17)11-6-8-12(18-4)9-7-11/h5-10,13-14H,1H2,2-4H3,(H,16,17)/t13-,14+/m0/s1. The van der Waals surface area contributed by atoms with Crippen molar-refractivity contribution in [2.45, 2.75) is 19.8 Å². The third-order valence-electron chi connectivity index (χ3n) is 3.17. The fourth-order valence-corrected chi connectivity index (χ4v) is 2.13. The highest BCUT2D eigenvalue weighted by Crippen LogP contribution is 2.32. The van der Waals surface area contributed by atoms with Crippen LogP contribution < -0.4 is 4.74 Å². The minimum Gasteiger partial charge on any atom is -0.497 e. The molecule has 0 bridgehead atoms. The molecule has 0 aliphatic heterocycles. The zero-order valence-corrected chi connectivity index (χ0v) is 11.1. The average Bonchev–Trinajstić information content (AvgIpc) is 2.35. The van der Waals surface area contributed by atoms with Crippen LogP contribution in [0, 0.1) is 11.8 Å². The summed E-state index contributed by atoms with van der Waals surface area (Å²) in [6.45, 7) is 7.77. The van der Waals surface area contributed by atoms with Crippen LogP contribution in [0.5, 0.6) is 5.75 Å². The van der Waals surface area contributed by atoms with Gasteiger partial charge in [-0.1, -0.05) is 32.1 Å². The summed E-state index contributed by atoms with van der Waals surface area (Å²) in [7, 11) is 1.59. The third-order valence-corrected chi connectivity index (χ3v) is 3.17. The normalized spacial score (nSPS) is 14.0. The molecule has 0 saturated heterocycles. The van der Waals surface area contributed by atoms with Crippen molar-refractivity contribution < 1.29 is 14.6 Å². The van der Waals surface area contributed by atoms with Gasteiger partial charge in [-0.15, -0.1) is 6.58 Å². The maximum absolute atomic E-state index is 11.5. The van der Waals surface area contributed by atoms with Crippen LogP contribution in [0.25, 0.3) is 0 Å². The van der Waals surface area contributed by atoms with Gasteiger partial charge in [-0.05, 0) is 29.5 Å². The second-order valence-corrected chi connectivity index (χ2v) is 4.65. The van der Waals surface area contributed by atoms with Gasteiger partial charge in [0.15, 0.2) is 0 Å². The molecule has 0 fully saturated rings. The molecule has 98 valence electrons. The first-order valence-corrected chi connectivity index (χ1v) is 6.00. The molecule has 0 radical (unpaired) electrons. The van der Waals surface area contributed by atoms with Crippen molar-refractivity contribution in [1.29, 1.82) is 0 Å². The summed E-state index contributed by atoms with van der Waals surface area (Å²) in [6, 6.07) is 7.17. The van der Waals surface area contributed by atoms with Crippen molar-refractivity contribution in [1.82, 2.24) is 0 Å². The zero-order chi connectivity index (χ0) is 13.7. The van der Waals surface area contributed by atoms with Gasteiger partial charge in [-0.25, -0.2) is 0 Å². The van der Waals surface area contributed by atoms with E-state index in [2.05, 4.69) is 6.58 Å². The van der Waals surface area contributed by atoms with Gasteiger partial charge in [-0.3, -0.25) is 4.79 Å². The van der Waals surface area contributed by atoms with Crippen molar-refractivity contribution in [2.24, 2.45) is 11.8 Å². The smallest absolute Gasteiger partial charge is 0.311 e. The molecular formula is C15H20O3. The Morgan fingerprint density at radius 3 is 2.22 bits per heavy atom. The molecule has 0 unspecified atom stereocenters. The lowest BCUT2D eigenvalue weighted by atomic mass is 9.79. The number of hydrogen-bond acceptors (Lipinski definition) is 2. The molecule has 2 atom stereocenters. The lowest BCUT2D eigenvalue weighted by molar-refractivity contribution is -0.140. The Labute approximate surface area is 108 Å². The van der Waals surface area contributed by atoms with E-state index >= 15 is 0 Å². The van der Waals surface area contributed by atoms with E-state index in [0.717, 1.165) is 11.3 Å². The van der Waals surface area contributed by atoms with E-state index in [-0.39, 0.29) is 11.8 Å². The van der Waals surface area contributed by atoms with E-state index < -0.39 is 11.9 Å². The number of carbonyl (C=O) groups is 1. The molecule has 0 saturated carbocycles. The number of methoxy groups -OCH3 is 1. The van der Waals surface area contributed by atoms with Gasteiger partial charge in [0, 0.05) is 0 Å². The monoisotopic (exact) mass is 248 g/mol. The first-order valence-electron chi connectivity index (χ1n) is 6.00. The van der Waals surface area contributed by atoms with E-state index in [1.54, 1.807) is 37.5 Å². The molecule has 3 heteroatoms. The van der Waals surface area contributed by atoms with Crippen LogP contribution in [-0.2, 0) is 4.79 Å². The molecule has 0 spiro atoms. The molecule has 1 aromatic carbocycles. The number of aliphatic carboxylic acids is 1. The van der Waals surface area contributed by atoms with Crippen molar-refractivity contribution >= 4 is 5.97 Å². The Balaban J connectivity index is 3.10. The summed E-state index contributed by atoms with van der Waals surface area (Å²) in [5, 5.41) is 9.42. The SMILES string of the molecule is C=C[C@@H](C(C)C)[C@H](C(=O)O)c1ccc(OC)cc1. The average molecular weight is 248 g/mol. The highest BCUT2D eigenvalue weighted by Gasteiger charge is 2.29. The molecule has 18 heavy (non-hydrogen) atoms. The Morgan fingerprint density at radius 1 is 1.33 bits per heavy atom. The molecule has 1 N–H and O–H groups in total. The van der Waals surface area contributed by atoms with Gasteiger partial charge in [0.25, 0.3) is 0 Å². The van der Waals surface area contributed by atoms with Gasteiger partial charge in [0.05, 0.1) is 13.0 Å². The van der Waals surface area contributed by atoms with Crippen molar-refractivity contribution in [2.75, 3.05) is 7.11 Å². The lowest BCUT2D eigenvalue weighted by Crippen LogP contribution is -2.24. The fourth-order valence-electron chi connectivity index (χ4n) is 2.13. The fraction of sp³-hybridized carbons (Fsp3) is 0.400. The molecule has 0 aromatic heterocycles. The Bertz CT molecular complexity index is 406. The Hall–Kier alpha value is -1.77. The highest BCUT2D eigenvalue weighted by molar-refractivity contribution is 5.77. The first kappa shape index (κ1) is 14.3. The molecular weight excluding hydrogens is 228 g/mol. The van der Waals surface area contributed by atoms with E-state index in [1.807, 2.05) is 13.8 Å². The van der Waals surface area contributed by atoms with Crippen LogP contribution in [0.2, 0.25) is 0 Å². The molecule has 0 amide bonds. The maximum Gasteiger partial charge on any atom is 0.311 e. The minimum atomic E-state index is -0.821. The number of rotatable bonds is 6. The van der Waals surface area contributed by atoms with Crippen molar-refractivity contribution in [3.8, 4) is 5.75 Å². The quantitative estimate of drug-likeness (QED) is 0.785. The second kappa shape index (κ2) is 6.24. The molecule has 0 heterocycles. The third kappa shape index (κ3) is 3.13. The Morgan fingerprint density at radius 2 is 1.89 bits per heavy atom. The number of hydrogen-bond donors (Lipinski definition) is 1.